The van der Waals surface area contributed by atoms with Crippen molar-refractivity contribution in [3.8, 4) is 0 Å². The topological polar surface area (TPSA) is 41.5 Å². The first-order chi connectivity index (χ1) is 12.1. The molecule has 1 heterocycles. The number of nitrogens with one attached hydrogen (secondary N) is 1. The van der Waals surface area contributed by atoms with E-state index in [-0.39, 0.29) is 11.2 Å². The maximum Gasteiger partial charge on any atom is 0.239 e. The number of benzene rings is 2. The van der Waals surface area contributed by atoms with Gasteiger partial charge in [0.05, 0.1) is 10.9 Å². The van der Waals surface area contributed by atoms with Crippen LogP contribution in [0.1, 0.15) is 30.9 Å². The number of amidine groups is 1. The second-order valence-corrected chi connectivity index (χ2v) is 7.74. The van der Waals surface area contributed by atoms with Crippen molar-refractivity contribution < 1.29 is 4.79 Å². The highest BCUT2D eigenvalue weighted by Crippen LogP contribution is 2.26. The van der Waals surface area contributed by atoms with Crippen molar-refractivity contribution in [2.75, 3.05) is 0 Å². The average molecular weight is 373 g/mol. The zero-order valence-electron chi connectivity index (χ0n) is 14.2. The number of nitrogens with zero attached hydrogens (tertiary/aromatic N) is 1. The summed E-state index contributed by atoms with van der Waals surface area (Å²) in [6.07, 6.45) is 4.25. The molecule has 2 aromatic rings. The number of aliphatic imine (C=N–C) groups is 1. The van der Waals surface area contributed by atoms with Crippen LogP contribution in [0.2, 0.25) is 5.02 Å². The first kappa shape index (κ1) is 18.0. The van der Waals surface area contributed by atoms with Gasteiger partial charge in [-0.2, -0.15) is 0 Å². The van der Waals surface area contributed by atoms with Gasteiger partial charge in [0.1, 0.15) is 0 Å². The predicted octanol–water partition coefficient (Wildman–Crippen LogP) is 5.14. The lowest BCUT2D eigenvalue weighted by Gasteiger charge is -2.07. The van der Waals surface area contributed by atoms with Crippen molar-refractivity contribution in [2.24, 2.45) is 4.99 Å². The number of amides is 1. The zero-order chi connectivity index (χ0) is 17.6. The van der Waals surface area contributed by atoms with E-state index in [4.69, 9.17) is 11.6 Å². The molecule has 1 aliphatic heterocycles. The third-order valence-electron chi connectivity index (χ3n) is 4.10. The summed E-state index contributed by atoms with van der Waals surface area (Å²) in [5.41, 5.74) is 3.33. The standard InChI is InChI=1S/C20H21ClN2OS/c1-2-3-4-14-5-7-15(8-6-14)13-18-19(24)23-20(25-18)22-17-11-9-16(21)10-12-17/h5-12,18H,2-4,13H2,1H3,(H,22,23,24). The number of hydrogen-bond donors (Lipinski definition) is 1. The molecule has 3 nitrogen and oxygen atoms in total. The van der Waals surface area contributed by atoms with Gasteiger partial charge in [-0.25, -0.2) is 4.99 Å². The van der Waals surface area contributed by atoms with Crippen molar-refractivity contribution >= 4 is 40.1 Å². The summed E-state index contributed by atoms with van der Waals surface area (Å²) in [6.45, 7) is 2.20. The Labute approximate surface area is 157 Å². The number of carbonyl (C=O) groups excluding carboxylic acids is 1. The summed E-state index contributed by atoms with van der Waals surface area (Å²) in [4.78, 5) is 16.7. The highest BCUT2D eigenvalue weighted by atomic mass is 35.5. The van der Waals surface area contributed by atoms with Crippen LogP contribution in [-0.2, 0) is 17.6 Å². The SMILES string of the molecule is CCCCc1ccc(CC2SC(=Nc3ccc(Cl)cc3)NC2=O)cc1. The summed E-state index contributed by atoms with van der Waals surface area (Å²) in [7, 11) is 0. The van der Waals surface area contributed by atoms with E-state index in [1.807, 2.05) is 12.1 Å². The smallest absolute Gasteiger partial charge is 0.239 e. The molecule has 1 unspecified atom stereocenters. The number of thioether (sulfide) groups is 1. The van der Waals surface area contributed by atoms with E-state index in [2.05, 4.69) is 41.5 Å². The van der Waals surface area contributed by atoms with E-state index in [0.717, 1.165) is 12.1 Å². The molecular weight excluding hydrogens is 352 g/mol. The van der Waals surface area contributed by atoms with Gasteiger partial charge in [0, 0.05) is 5.02 Å². The van der Waals surface area contributed by atoms with Gasteiger partial charge in [0.25, 0.3) is 0 Å². The fourth-order valence-electron chi connectivity index (χ4n) is 2.66. The fourth-order valence-corrected chi connectivity index (χ4v) is 3.82. The summed E-state index contributed by atoms with van der Waals surface area (Å²) in [5.74, 6) is 0.0211. The van der Waals surface area contributed by atoms with Gasteiger partial charge < -0.3 is 5.32 Å². The third-order valence-corrected chi connectivity index (χ3v) is 5.43. The molecule has 0 aromatic heterocycles. The van der Waals surface area contributed by atoms with Gasteiger partial charge in [-0.05, 0) is 54.7 Å². The Morgan fingerprint density at radius 1 is 1.08 bits per heavy atom. The van der Waals surface area contributed by atoms with E-state index in [1.54, 1.807) is 12.1 Å². The maximum absolute atomic E-state index is 12.2. The number of rotatable bonds is 6. The molecule has 1 N–H and O–H groups in total. The molecule has 0 aliphatic carbocycles. The van der Waals surface area contributed by atoms with Gasteiger partial charge in [0.2, 0.25) is 5.91 Å². The lowest BCUT2D eigenvalue weighted by atomic mass is 10.0. The second-order valence-electron chi connectivity index (χ2n) is 6.11. The molecule has 1 fully saturated rings. The zero-order valence-corrected chi connectivity index (χ0v) is 15.7. The first-order valence-corrected chi connectivity index (χ1v) is 9.79. The monoisotopic (exact) mass is 372 g/mol. The molecule has 1 amide bonds. The maximum atomic E-state index is 12.2. The van der Waals surface area contributed by atoms with Gasteiger partial charge in [-0.3, -0.25) is 4.79 Å². The number of aryl methyl sites for hydroxylation is 1. The number of unbranched alkanes of at least 4 members (excludes halogenated alkanes) is 1. The molecule has 5 heteroatoms. The van der Waals surface area contributed by atoms with Crippen LogP contribution in [0.5, 0.6) is 0 Å². The normalized spacial score (nSPS) is 18.6. The molecule has 0 spiro atoms. The quantitative estimate of drug-likeness (QED) is 0.762. The number of hydrogen-bond acceptors (Lipinski definition) is 3. The van der Waals surface area contributed by atoms with Crippen LogP contribution in [0.25, 0.3) is 0 Å². The van der Waals surface area contributed by atoms with E-state index >= 15 is 0 Å². The van der Waals surface area contributed by atoms with Crippen LogP contribution in [0.15, 0.2) is 53.5 Å². The lowest BCUT2D eigenvalue weighted by Crippen LogP contribution is -2.25. The largest absolute Gasteiger partial charge is 0.304 e. The molecule has 1 atom stereocenters. The Kier molecular flexibility index (Phi) is 6.16. The third kappa shape index (κ3) is 5.10. The molecule has 130 valence electrons. The molecule has 2 aromatic carbocycles. The van der Waals surface area contributed by atoms with Crippen LogP contribution in [0.4, 0.5) is 5.69 Å². The minimum Gasteiger partial charge on any atom is -0.304 e. The van der Waals surface area contributed by atoms with Crippen LogP contribution in [0.3, 0.4) is 0 Å². The van der Waals surface area contributed by atoms with Crippen molar-refractivity contribution in [1.29, 1.82) is 0 Å². The van der Waals surface area contributed by atoms with Crippen molar-refractivity contribution in [3.05, 3.63) is 64.7 Å². The number of carbonyl (C=O) groups is 1. The molecule has 0 saturated carbocycles. The van der Waals surface area contributed by atoms with Crippen LogP contribution >= 0.6 is 23.4 Å². The van der Waals surface area contributed by atoms with Gasteiger partial charge in [-0.1, -0.05) is 61.0 Å². The van der Waals surface area contributed by atoms with E-state index in [1.165, 1.54) is 35.7 Å². The van der Waals surface area contributed by atoms with E-state index in [9.17, 15) is 4.79 Å². The Morgan fingerprint density at radius 2 is 1.76 bits per heavy atom. The minimum atomic E-state index is -0.132. The molecular formula is C20H21ClN2OS. The van der Waals surface area contributed by atoms with Gasteiger partial charge >= 0.3 is 0 Å². The van der Waals surface area contributed by atoms with Crippen molar-refractivity contribution in [3.63, 3.8) is 0 Å². The first-order valence-electron chi connectivity index (χ1n) is 8.53. The Balaban J connectivity index is 1.62. The molecule has 0 radical (unpaired) electrons. The minimum absolute atomic E-state index is 0.0211. The molecule has 25 heavy (non-hydrogen) atoms. The summed E-state index contributed by atoms with van der Waals surface area (Å²) in [5, 5.41) is 4.06. The average Bonchev–Trinajstić information content (AvgIpc) is 2.95. The molecule has 0 bridgehead atoms. The predicted molar refractivity (Wildman–Crippen MR) is 107 cm³/mol. The summed E-state index contributed by atoms with van der Waals surface area (Å²) in [6, 6.07) is 15.9. The van der Waals surface area contributed by atoms with Crippen LogP contribution in [-0.4, -0.2) is 16.3 Å². The number of halogens is 1. The highest BCUT2D eigenvalue weighted by Gasteiger charge is 2.30. The van der Waals surface area contributed by atoms with Gasteiger partial charge in [-0.15, -0.1) is 0 Å². The molecule has 3 rings (SSSR count). The highest BCUT2D eigenvalue weighted by molar-refractivity contribution is 8.15. The molecule has 1 aliphatic rings. The second kappa shape index (κ2) is 8.54. The van der Waals surface area contributed by atoms with Gasteiger partial charge in [0.15, 0.2) is 5.17 Å². The van der Waals surface area contributed by atoms with E-state index < -0.39 is 0 Å². The fraction of sp³-hybridized carbons (Fsp3) is 0.300. The van der Waals surface area contributed by atoms with E-state index in [0.29, 0.717) is 16.6 Å². The van der Waals surface area contributed by atoms with Crippen molar-refractivity contribution in [2.45, 2.75) is 37.9 Å². The summed E-state index contributed by atoms with van der Waals surface area (Å²) < 4.78 is 0. The molecule has 1 saturated heterocycles. The Bertz CT molecular complexity index is 756. The summed E-state index contributed by atoms with van der Waals surface area (Å²) >= 11 is 7.37. The van der Waals surface area contributed by atoms with Crippen molar-refractivity contribution in [1.82, 2.24) is 5.32 Å². The Morgan fingerprint density at radius 3 is 2.44 bits per heavy atom. The Hall–Kier alpha value is -1.78. The lowest BCUT2D eigenvalue weighted by molar-refractivity contribution is -0.118. The van der Waals surface area contributed by atoms with Crippen LogP contribution < -0.4 is 5.32 Å². The van der Waals surface area contributed by atoms with Crippen LogP contribution in [0, 0.1) is 0 Å².